The first-order valence-corrected chi connectivity index (χ1v) is 5.10. The van der Waals surface area contributed by atoms with E-state index < -0.39 is 18.1 Å². The Bertz CT molecular complexity index is 642. The zero-order valence-electron chi connectivity index (χ0n) is 8.84. The van der Waals surface area contributed by atoms with Crippen LogP contribution in [0.1, 0.15) is 0 Å². The third-order valence-electron chi connectivity index (χ3n) is 2.23. The van der Waals surface area contributed by atoms with Crippen molar-refractivity contribution in [2.24, 2.45) is 0 Å². The Morgan fingerprint density at radius 1 is 1.59 bits per heavy atom. The lowest BCUT2D eigenvalue weighted by Gasteiger charge is -2.01. The van der Waals surface area contributed by atoms with E-state index in [-0.39, 0.29) is 11.0 Å². The molecule has 0 radical (unpaired) electrons. The van der Waals surface area contributed by atoms with Gasteiger partial charge in [-0.1, -0.05) is 0 Å². The van der Waals surface area contributed by atoms with Gasteiger partial charge in [-0.2, -0.15) is 4.74 Å². The fourth-order valence-corrected chi connectivity index (χ4v) is 1.76. The van der Waals surface area contributed by atoms with E-state index in [2.05, 4.69) is 12.6 Å². The monoisotopic (exact) mass is 255 g/mol. The quantitative estimate of drug-likeness (QED) is 0.799. The van der Waals surface area contributed by atoms with Crippen molar-refractivity contribution in [1.82, 2.24) is 4.74 Å². The molecule has 0 saturated heterocycles. The van der Waals surface area contributed by atoms with Crippen molar-refractivity contribution in [3.8, 4) is 5.75 Å². The number of aromatic nitrogens is 1. The maximum absolute atomic E-state index is 11.7. The number of nitrogens with zero attached hydrogens (tertiary/aromatic N) is 1. The van der Waals surface area contributed by atoms with Crippen molar-refractivity contribution in [2.45, 2.75) is 11.4 Å². The number of rotatable bonds is 3. The molecule has 0 bridgehead atoms. The lowest BCUT2D eigenvalue weighted by atomic mass is 10.2. The second kappa shape index (κ2) is 4.17. The fourth-order valence-electron chi connectivity index (χ4n) is 1.48. The zero-order chi connectivity index (χ0) is 12.6. The van der Waals surface area contributed by atoms with Crippen LogP contribution in [0.25, 0.3) is 11.0 Å². The Balaban J connectivity index is 2.65. The van der Waals surface area contributed by atoms with E-state index in [1.807, 2.05) is 0 Å². The Hall–Kier alpha value is -1.89. The van der Waals surface area contributed by atoms with Crippen molar-refractivity contribution in [3.63, 3.8) is 0 Å². The summed E-state index contributed by atoms with van der Waals surface area (Å²) in [6.07, 6.45) is 0. The van der Waals surface area contributed by atoms with Crippen molar-refractivity contribution in [3.05, 3.63) is 22.5 Å². The van der Waals surface area contributed by atoms with Crippen LogP contribution in [-0.2, 0) is 11.3 Å². The van der Waals surface area contributed by atoms with Crippen LogP contribution in [0, 0.1) is 0 Å². The minimum atomic E-state index is -1.15. The number of thiol groups is 1. The lowest BCUT2D eigenvalue weighted by molar-refractivity contribution is -0.138. The molecule has 2 aromatic rings. The molecule has 1 heterocycles. The van der Waals surface area contributed by atoms with Crippen LogP contribution >= 0.6 is 12.6 Å². The van der Waals surface area contributed by atoms with E-state index in [9.17, 15) is 9.59 Å². The molecule has 0 fully saturated rings. The van der Waals surface area contributed by atoms with Crippen LogP contribution in [0.5, 0.6) is 5.75 Å². The summed E-state index contributed by atoms with van der Waals surface area (Å²) in [6.45, 7) is -0.516. The molecule has 1 aromatic heterocycles. The predicted octanol–water partition coefficient (Wildman–Crippen LogP) is 0.976. The summed E-state index contributed by atoms with van der Waals surface area (Å²) >= 11 is 4.15. The molecule has 90 valence electrons. The van der Waals surface area contributed by atoms with E-state index in [4.69, 9.17) is 14.4 Å². The van der Waals surface area contributed by atoms with Gasteiger partial charge in [0.15, 0.2) is 12.1 Å². The standard InChI is InChI=1S/C10H9NO5S/c1-15-7-3-6-5(2-8(7)17)10(14)11(16-6)4-9(12)13/h2-3,17H,4H2,1H3,(H,12,13). The number of methoxy groups -OCH3 is 1. The highest BCUT2D eigenvalue weighted by atomic mass is 32.1. The second-order valence-electron chi connectivity index (χ2n) is 3.35. The largest absolute Gasteiger partial charge is 0.495 e. The van der Waals surface area contributed by atoms with Crippen molar-refractivity contribution >= 4 is 29.6 Å². The molecular weight excluding hydrogens is 246 g/mol. The molecule has 0 atom stereocenters. The van der Waals surface area contributed by atoms with Gasteiger partial charge in [-0.05, 0) is 6.07 Å². The SMILES string of the molecule is COc1cc2on(CC(=O)O)c(=O)c2cc1S. The number of fused-ring (bicyclic) bond motifs is 1. The maximum Gasteiger partial charge on any atom is 0.326 e. The molecule has 0 saturated carbocycles. The van der Waals surface area contributed by atoms with E-state index in [1.54, 1.807) is 0 Å². The number of carboxylic acid groups (broad SMARTS) is 1. The highest BCUT2D eigenvalue weighted by Gasteiger charge is 2.14. The van der Waals surface area contributed by atoms with Gasteiger partial charge in [0.2, 0.25) is 0 Å². The number of benzene rings is 1. The highest BCUT2D eigenvalue weighted by Crippen LogP contribution is 2.27. The van der Waals surface area contributed by atoms with Crippen LogP contribution in [0.2, 0.25) is 0 Å². The third-order valence-corrected chi connectivity index (χ3v) is 2.57. The summed E-state index contributed by atoms with van der Waals surface area (Å²) in [4.78, 5) is 22.8. The van der Waals surface area contributed by atoms with Gasteiger partial charge < -0.3 is 14.4 Å². The summed E-state index contributed by atoms with van der Waals surface area (Å²) in [6, 6.07) is 2.98. The number of ether oxygens (including phenoxy) is 1. The van der Waals surface area contributed by atoms with E-state index >= 15 is 0 Å². The fraction of sp³-hybridized carbons (Fsp3) is 0.200. The van der Waals surface area contributed by atoms with Crippen LogP contribution < -0.4 is 10.3 Å². The van der Waals surface area contributed by atoms with Crippen LogP contribution in [0.15, 0.2) is 26.3 Å². The normalized spacial score (nSPS) is 10.7. The molecule has 1 aromatic carbocycles. The van der Waals surface area contributed by atoms with Gasteiger partial charge in [0.25, 0.3) is 5.56 Å². The van der Waals surface area contributed by atoms with Crippen molar-refractivity contribution in [1.29, 1.82) is 0 Å². The smallest absolute Gasteiger partial charge is 0.326 e. The molecule has 17 heavy (non-hydrogen) atoms. The first kappa shape index (κ1) is 11.6. The molecule has 0 aliphatic rings. The third kappa shape index (κ3) is 2.01. The number of carbonyl (C=O) groups is 1. The van der Waals surface area contributed by atoms with Crippen molar-refractivity contribution < 1.29 is 19.2 Å². The van der Waals surface area contributed by atoms with Crippen LogP contribution in [0.3, 0.4) is 0 Å². The predicted molar refractivity (Wildman–Crippen MR) is 61.9 cm³/mol. The summed E-state index contributed by atoms with van der Waals surface area (Å²) in [7, 11) is 1.47. The van der Waals surface area contributed by atoms with Gasteiger partial charge in [-0.15, -0.1) is 12.6 Å². The van der Waals surface area contributed by atoms with E-state index in [0.29, 0.717) is 10.6 Å². The number of hydrogen-bond acceptors (Lipinski definition) is 5. The molecule has 0 aliphatic heterocycles. The summed E-state index contributed by atoms with van der Waals surface area (Å²) < 4.78 is 10.9. The van der Waals surface area contributed by atoms with Gasteiger partial charge in [0.1, 0.15) is 5.75 Å². The molecule has 7 heteroatoms. The van der Waals surface area contributed by atoms with Crippen molar-refractivity contribution in [2.75, 3.05) is 7.11 Å². The van der Waals surface area contributed by atoms with E-state index in [0.717, 1.165) is 4.74 Å². The first-order valence-electron chi connectivity index (χ1n) is 4.65. The molecule has 0 spiro atoms. The van der Waals surface area contributed by atoms with Gasteiger partial charge >= 0.3 is 5.97 Å². The van der Waals surface area contributed by atoms with Gasteiger partial charge in [0, 0.05) is 11.0 Å². The molecule has 0 unspecified atom stereocenters. The lowest BCUT2D eigenvalue weighted by Crippen LogP contribution is -2.19. The first-order chi connectivity index (χ1) is 8.02. The average Bonchev–Trinajstić information content (AvgIpc) is 2.54. The Kier molecular flexibility index (Phi) is 2.84. The van der Waals surface area contributed by atoms with Gasteiger partial charge in [-0.25, -0.2) is 0 Å². The summed E-state index contributed by atoms with van der Waals surface area (Å²) in [5.41, 5.74) is -0.230. The van der Waals surface area contributed by atoms with Gasteiger partial charge in [-0.3, -0.25) is 9.59 Å². The van der Waals surface area contributed by atoms with Crippen LogP contribution in [-0.4, -0.2) is 22.9 Å². The Morgan fingerprint density at radius 3 is 2.88 bits per heavy atom. The molecule has 1 N–H and O–H groups in total. The van der Waals surface area contributed by atoms with Gasteiger partial charge in [0.05, 0.1) is 12.5 Å². The molecule has 0 amide bonds. The second-order valence-corrected chi connectivity index (χ2v) is 3.83. The minimum absolute atomic E-state index is 0.269. The summed E-state index contributed by atoms with van der Waals surface area (Å²) in [5, 5.41) is 8.89. The molecule has 6 nitrogen and oxygen atoms in total. The van der Waals surface area contributed by atoms with Crippen LogP contribution in [0.4, 0.5) is 0 Å². The Labute approximate surface area is 101 Å². The molecular formula is C10H9NO5S. The Morgan fingerprint density at radius 2 is 2.29 bits per heavy atom. The number of aliphatic carboxylic acids is 1. The maximum atomic E-state index is 11.7. The minimum Gasteiger partial charge on any atom is -0.495 e. The molecule has 2 rings (SSSR count). The zero-order valence-corrected chi connectivity index (χ0v) is 9.73. The number of carboxylic acids is 1. The average molecular weight is 255 g/mol. The summed E-state index contributed by atoms with van der Waals surface area (Å²) in [5.74, 6) is -0.693. The van der Waals surface area contributed by atoms with E-state index in [1.165, 1.54) is 19.2 Å². The topological polar surface area (TPSA) is 81.7 Å². The number of hydrogen-bond donors (Lipinski definition) is 2. The highest BCUT2D eigenvalue weighted by molar-refractivity contribution is 7.80. The molecule has 0 aliphatic carbocycles.